The molecule has 1 fully saturated rings. The van der Waals surface area contributed by atoms with E-state index in [0.29, 0.717) is 0 Å². The average Bonchev–Trinajstić information content (AvgIpc) is 2.34. The molecule has 1 aromatic carbocycles. The summed E-state index contributed by atoms with van der Waals surface area (Å²) < 4.78 is 0. The van der Waals surface area contributed by atoms with Crippen molar-refractivity contribution in [2.24, 2.45) is 5.92 Å². The largest absolute Gasteiger partial charge is 2.00 e. The molecule has 0 heterocycles. The topological polar surface area (TPSA) is 0 Å². The molecule has 0 aliphatic heterocycles. The summed E-state index contributed by atoms with van der Waals surface area (Å²) in [5.74, 6) is 1.07. The molecule has 0 atom stereocenters. The summed E-state index contributed by atoms with van der Waals surface area (Å²) in [5.41, 5.74) is 0. The fourth-order valence-corrected chi connectivity index (χ4v) is 2.03. The quantitative estimate of drug-likeness (QED) is 0.556. The molecule has 0 N–H and O–H groups in total. The monoisotopic (exact) mass is 261 g/mol. The van der Waals surface area contributed by atoms with Crippen molar-refractivity contribution in [2.75, 3.05) is 0 Å². The van der Waals surface area contributed by atoms with Crippen molar-refractivity contribution in [3.8, 4) is 0 Å². The zero-order valence-corrected chi connectivity index (χ0v) is 13.0. The Labute approximate surface area is 129 Å². The van der Waals surface area contributed by atoms with Crippen molar-refractivity contribution in [3.63, 3.8) is 0 Å². The van der Waals surface area contributed by atoms with E-state index in [1.54, 1.807) is 0 Å². The predicted octanol–water partition coefficient (Wildman–Crippen LogP) is 1.29. The molecule has 0 radical (unpaired) electrons. The van der Waals surface area contributed by atoms with Gasteiger partial charge in [0.1, 0.15) is 0 Å². The van der Waals surface area contributed by atoms with Crippen LogP contribution >= 0.6 is 0 Å². The van der Waals surface area contributed by atoms with E-state index in [-0.39, 0.29) is 35.5 Å². The molecule has 0 unspecified atom stereocenters. The minimum atomic E-state index is 0. The third-order valence-corrected chi connectivity index (χ3v) is 2.86. The van der Waals surface area contributed by atoms with Gasteiger partial charge in [0.15, 0.2) is 0 Å². The van der Waals surface area contributed by atoms with Gasteiger partial charge in [-0.25, -0.2) is 0 Å². The number of rotatable bonds is 2. The molecule has 2 rings (SSSR count). The predicted molar refractivity (Wildman–Crippen MR) is 72.2 cm³/mol. The van der Waals surface area contributed by atoms with Crippen molar-refractivity contribution in [2.45, 2.75) is 45.4 Å². The van der Waals surface area contributed by atoms with E-state index in [9.17, 15) is 0 Å². The molecule has 1 aliphatic rings. The van der Waals surface area contributed by atoms with E-state index in [2.05, 4.69) is 19.4 Å². The molecule has 1 aliphatic carbocycles. The molecular formula is C15H22ClMg-. The standard InChI is InChI=1S/C9H17.C6H5.ClH.Mg/c1-2-6-9-7-4-3-5-8-9;1-2-4-6-5-3-1;;/h3,9H,2,4-8H2,1H3;1-5H;1H;/q2*-1;;+2/p-1. The first kappa shape index (κ1) is 19.6. The van der Waals surface area contributed by atoms with E-state index in [1.165, 1.54) is 38.5 Å². The first-order chi connectivity index (χ1) is 7.43. The minimum absolute atomic E-state index is 0. The van der Waals surface area contributed by atoms with Crippen LogP contribution < -0.4 is 12.4 Å². The number of hydrogen-bond donors (Lipinski definition) is 0. The SMILES string of the molecule is CCCC1CC[CH-]CC1.[Cl-].[Mg+2].[c-]1ccccc1. The van der Waals surface area contributed by atoms with E-state index < -0.39 is 0 Å². The second-order valence-electron chi connectivity index (χ2n) is 4.18. The fourth-order valence-electron chi connectivity index (χ4n) is 2.03. The van der Waals surface area contributed by atoms with Crippen LogP contribution in [0.15, 0.2) is 30.3 Å². The summed E-state index contributed by atoms with van der Waals surface area (Å²) in [6.07, 6.45) is 11.0. The van der Waals surface area contributed by atoms with Gasteiger partial charge in [0.2, 0.25) is 0 Å². The molecule has 0 spiro atoms. The Kier molecular flexibility index (Phi) is 16.5. The van der Waals surface area contributed by atoms with Crippen LogP contribution in [-0.2, 0) is 0 Å². The zero-order valence-electron chi connectivity index (χ0n) is 10.9. The average molecular weight is 262 g/mol. The van der Waals surface area contributed by atoms with Gasteiger partial charge in [0, 0.05) is 0 Å². The van der Waals surface area contributed by atoms with Gasteiger partial charge in [0.25, 0.3) is 0 Å². The molecule has 0 bridgehead atoms. The molecule has 0 saturated heterocycles. The molecule has 0 aromatic heterocycles. The molecular weight excluding hydrogens is 240 g/mol. The number of halogens is 1. The van der Waals surface area contributed by atoms with Gasteiger partial charge in [0.05, 0.1) is 0 Å². The van der Waals surface area contributed by atoms with Gasteiger partial charge in [-0.05, 0) is 5.92 Å². The zero-order chi connectivity index (χ0) is 10.8. The van der Waals surface area contributed by atoms with Gasteiger partial charge < -0.3 is 18.8 Å². The van der Waals surface area contributed by atoms with Crippen molar-refractivity contribution in [1.29, 1.82) is 0 Å². The van der Waals surface area contributed by atoms with Crippen molar-refractivity contribution in [1.82, 2.24) is 0 Å². The van der Waals surface area contributed by atoms with Gasteiger partial charge in [-0.3, -0.25) is 0 Å². The Hall–Kier alpha value is 0.276. The maximum Gasteiger partial charge on any atom is 2.00 e. The van der Waals surface area contributed by atoms with E-state index in [0.717, 1.165) is 5.92 Å². The Balaban J connectivity index is 0. The van der Waals surface area contributed by atoms with Crippen LogP contribution in [0, 0.1) is 18.4 Å². The smallest absolute Gasteiger partial charge is 1.00 e. The van der Waals surface area contributed by atoms with Crippen LogP contribution in [0.2, 0.25) is 0 Å². The van der Waals surface area contributed by atoms with Crippen LogP contribution in [0.1, 0.15) is 45.4 Å². The molecule has 17 heavy (non-hydrogen) atoms. The second-order valence-corrected chi connectivity index (χ2v) is 4.18. The Morgan fingerprint density at radius 1 is 1.12 bits per heavy atom. The molecule has 0 amide bonds. The normalized spacial score (nSPS) is 14.6. The maximum absolute atomic E-state index is 2.89. The van der Waals surface area contributed by atoms with Crippen LogP contribution in [0.4, 0.5) is 0 Å². The minimum Gasteiger partial charge on any atom is -1.00 e. The van der Waals surface area contributed by atoms with Crippen molar-refractivity contribution >= 4 is 23.1 Å². The summed E-state index contributed by atoms with van der Waals surface area (Å²) in [6, 6.07) is 12.5. The molecule has 1 saturated carbocycles. The van der Waals surface area contributed by atoms with E-state index in [4.69, 9.17) is 0 Å². The van der Waals surface area contributed by atoms with E-state index >= 15 is 0 Å². The number of benzene rings is 1. The summed E-state index contributed by atoms with van der Waals surface area (Å²) in [4.78, 5) is 0. The molecule has 92 valence electrons. The first-order valence-electron chi connectivity index (χ1n) is 6.16. The Morgan fingerprint density at radius 2 is 1.71 bits per heavy atom. The molecule has 2 heteroatoms. The van der Waals surface area contributed by atoms with Crippen molar-refractivity contribution in [3.05, 3.63) is 42.8 Å². The molecule has 0 nitrogen and oxygen atoms in total. The van der Waals surface area contributed by atoms with Crippen LogP contribution in [0.3, 0.4) is 0 Å². The van der Waals surface area contributed by atoms with Crippen LogP contribution in [0.25, 0.3) is 0 Å². The Morgan fingerprint density at radius 3 is 2.06 bits per heavy atom. The van der Waals surface area contributed by atoms with Crippen molar-refractivity contribution < 1.29 is 12.4 Å². The third-order valence-electron chi connectivity index (χ3n) is 2.86. The summed E-state index contributed by atoms with van der Waals surface area (Å²) in [7, 11) is 0. The first-order valence-corrected chi connectivity index (χ1v) is 6.16. The van der Waals surface area contributed by atoms with Gasteiger partial charge in [-0.15, -0.1) is 0 Å². The molecule has 1 aromatic rings. The summed E-state index contributed by atoms with van der Waals surface area (Å²) >= 11 is 0. The maximum atomic E-state index is 2.89. The number of hydrogen-bond acceptors (Lipinski definition) is 0. The third kappa shape index (κ3) is 11.1. The second kappa shape index (κ2) is 14.3. The summed E-state index contributed by atoms with van der Waals surface area (Å²) in [6.45, 7) is 2.29. The van der Waals surface area contributed by atoms with Gasteiger partial charge in [-0.2, -0.15) is 49.2 Å². The van der Waals surface area contributed by atoms with Crippen LogP contribution in [-0.4, -0.2) is 23.1 Å². The van der Waals surface area contributed by atoms with Gasteiger partial charge in [-0.1, -0.05) is 32.6 Å². The Bertz CT molecular complexity index is 190. The van der Waals surface area contributed by atoms with Crippen LogP contribution in [0.5, 0.6) is 0 Å². The fraction of sp³-hybridized carbons (Fsp3) is 0.533. The van der Waals surface area contributed by atoms with E-state index in [1.807, 2.05) is 30.3 Å². The summed E-state index contributed by atoms with van der Waals surface area (Å²) in [5, 5.41) is 0. The van der Waals surface area contributed by atoms with Gasteiger partial charge >= 0.3 is 23.1 Å².